The van der Waals surface area contributed by atoms with Crippen LogP contribution in [0.5, 0.6) is 0 Å². The van der Waals surface area contributed by atoms with Gasteiger partial charge < -0.3 is 0 Å². The van der Waals surface area contributed by atoms with Crippen LogP contribution in [-0.4, -0.2) is 10.8 Å². The van der Waals surface area contributed by atoms with Gasteiger partial charge in [0.1, 0.15) is 5.69 Å². The van der Waals surface area contributed by atoms with E-state index >= 15 is 0 Å². The van der Waals surface area contributed by atoms with Gasteiger partial charge in [-0.25, -0.2) is 4.98 Å². The maximum Gasteiger partial charge on any atom is 0.185 e. The number of rotatable bonds is 1. The van der Waals surface area contributed by atoms with Crippen LogP contribution in [0.15, 0.2) is 0 Å². The summed E-state index contributed by atoms with van der Waals surface area (Å²) in [6.45, 7) is 1.48. The Balaban J connectivity index is 3.15. The first-order chi connectivity index (χ1) is 4.61. The van der Waals surface area contributed by atoms with Crippen LogP contribution < -0.4 is 0 Å². The number of hydrogen-bond donors (Lipinski definition) is 0. The number of aromatic nitrogens is 1. The zero-order chi connectivity index (χ0) is 7.72. The Morgan fingerprint density at radius 2 is 2.40 bits per heavy atom. The molecule has 0 amide bonds. The fourth-order valence-corrected chi connectivity index (χ4v) is 2.90. The number of nitrogens with zero attached hydrogens (tertiary/aromatic N) is 1. The second kappa shape index (κ2) is 3.15. The molecule has 1 heterocycles. The predicted octanol–water partition coefficient (Wildman–Crippen LogP) is 2.60. The van der Waals surface area contributed by atoms with Gasteiger partial charge in [0.05, 0.1) is 2.88 Å². The number of hydrogen-bond acceptors (Lipinski definition) is 3. The molecule has 0 bridgehead atoms. The molecule has 2 nitrogen and oxygen atoms in total. The molecule has 1 aromatic heterocycles. The number of carbonyl (C=O) groups is 1. The van der Waals surface area contributed by atoms with Gasteiger partial charge >= 0.3 is 0 Å². The summed E-state index contributed by atoms with van der Waals surface area (Å²) < 4.78 is 1.28. The molecule has 0 atom stereocenters. The number of carbonyl (C=O) groups excluding carboxylic acids is 1. The van der Waals surface area contributed by atoms with Crippen LogP contribution >= 0.6 is 45.5 Å². The normalized spacial score (nSPS) is 9.90. The summed E-state index contributed by atoms with van der Waals surface area (Å²) in [7, 11) is 0. The monoisotopic (exact) mass is 287 g/mol. The van der Waals surface area contributed by atoms with Gasteiger partial charge in [-0.3, -0.25) is 4.79 Å². The van der Waals surface area contributed by atoms with Crippen LogP contribution in [0.25, 0.3) is 0 Å². The molecular weight excluding hydrogens is 284 g/mol. The molecular formula is C5H3ClINOS. The first-order valence-corrected chi connectivity index (χ1v) is 4.71. The molecule has 0 radical (unpaired) electrons. The predicted molar refractivity (Wildman–Crippen MR) is 49.8 cm³/mol. The zero-order valence-electron chi connectivity index (χ0n) is 5.02. The Bertz CT molecular complexity index is 273. The van der Waals surface area contributed by atoms with Crippen molar-refractivity contribution in [1.29, 1.82) is 0 Å². The van der Waals surface area contributed by atoms with Crippen LogP contribution in [0.2, 0.25) is 4.47 Å². The smallest absolute Gasteiger partial charge is 0.185 e. The standard InChI is InChI=1S/C5H3ClINOS/c1-2(9)3-4(7)10-5(6)8-3/h1H3. The largest absolute Gasteiger partial charge is 0.293 e. The fraction of sp³-hybridized carbons (Fsp3) is 0.200. The third-order valence-corrected chi connectivity index (χ3v) is 3.01. The van der Waals surface area contributed by atoms with Gasteiger partial charge in [0.25, 0.3) is 0 Å². The van der Waals surface area contributed by atoms with E-state index in [9.17, 15) is 4.79 Å². The summed E-state index contributed by atoms with van der Waals surface area (Å²) in [4.78, 5) is 14.6. The minimum atomic E-state index is -0.0347. The minimum Gasteiger partial charge on any atom is -0.293 e. The van der Waals surface area contributed by atoms with Gasteiger partial charge in [-0.2, -0.15) is 0 Å². The molecule has 0 saturated carbocycles. The zero-order valence-corrected chi connectivity index (χ0v) is 8.75. The quantitative estimate of drug-likeness (QED) is 0.587. The third-order valence-electron chi connectivity index (χ3n) is 0.893. The highest BCUT2D eigenvalue weighted by Crippen LogP contribution is 2.24. The topological polar surface area (TPSA) is 30.0 Å². The summed E-state index contributed by atoms with van der Waals surface area (Å²) in [5, 5.41) is 0. The highest BCUT2D eigenvalue weighted by Gasteiger charge is 2.10. The molecule has 5 heteroatoms. The second-order valence-corrected chi connectivity index (χ2v) is 5.04. The van der Waals surface area contributed by atoms with Gasteiger partial charge in [0, 0.05) is 6.92 Å². The highest BCUT2D eigenvalue weighted by molar-refractivity contribution is 14.1. The molecule has 10 heavy (non-hydrogen) atoms. The lowest BCUT2D eigenvalue weighted by Gasteiger charge is -1.84. The van der Waals surface area contributed by atoms with Crippen LogP contribution in [0.4, 0.5) is 0 Å². The van der Waals surface area contributed by atoms with E-state index in [1.54, 1.807) is 0 Å². The van der Waals surface area contributed by atoms with Crippen LogP contribution in [0.3, 0.4) is 0 Å². The average molecular weight is 288 g/mol. The lowest BCUT2D eigenvalue weighted by atomic mass is 10.4. The Hall–Kier alpha value is 0.320. The molecule has 1 rings (SSSR count). The number of thiazole rings is 1. The molecule has 0 aromatic carbocycles. The third kappa shape index (κ3) is 1.67. The van der Waals surface area contributed by atoms with Crippen LogP contribution in [-0.2, 0) is 0 Å². The van der Waals surface area contributed by atoms with E-state index in [-0.39, 0.29) is 5.78 Å². The molecule has 0 aliphatic carbocycles. The van der Waals surface area contributed by atoms with Crippen LogP contribution in [0, 0.1) is 2.88 Å². The Kier molecular flexibility index (Phi) is 2.65. The SMILES string of the molecule is CC(=O)c1nc(Cl)sc1I. The van der Waals surface area contributed by atoms with Crippen molar-refractivity contribution in [2.45, 2.75) is 6.92 Å². The van der Waals surface area contributed by atoms with Crippen molar-refractivity contribution >= 4 is 51.3 Å². The first-order valence-electron chi connectivity index (χ1n) is 2.44. The Morgan fingerprint density at radius 1 is 1.80 bits per heavy atom. The van der Waals surface area contributed by atoms with Crippen molar-refractivity contribution in [3.8, 4) is 0 Å². The number of Topliss-reactive ketones (excluding diaryl/α,β-unsaturated/α-hetero) is 1. The average Bonchev–Trinajstić information content (AvgIpc) is 2.10. The molecule has 0 aliphatic heterocycles. The second-order valence-electron chi connectivity index (χ2n) is 1.65. The highest BCUT2D eigenvalue weighted by atomic mass is 127. The van der Waals surface area contributed by atoms with Crippen molar-refractivity contribution in [3.63, 3.8) is 0 Å². The van der Waals surface area contributed by atoms with E-state index in [1.165, 1.54) is 18.3 Å². The van der Waals surface area contributed by atoms with Gasteiger partial charge in [-0.15, -0.1) is 0 Å². The molecule has 0 spiro atoms. The molecule has 0 N–H and O–H groups in total. The lowest BCUT2D eigenvalue weighted by molar-refractivity contribution is 0.101. The van der Waals surface area contributed by atoms with E-state index in [0.29, 0.717) is 10.2 Å². The van der Waals surface area contributed by atoms with Crippen molar-refractivity contribution in [1.82, 2.24) is 4.98 Å². The van der Waals surface area contributed by atoms with Crippen LogP contribution in [0.1, 0.15) is 17.4 Å². The van der Waals surface area contributed by atoms with Gasteiger partial charge in [-0.05, 0) is 22.6 Å². The molecule has 0 saturated heterocycles. The fourth-order valence-electron chi connectivity index (χ4n) is 0.494. The maximum absolute atomic E-state index is 10.8. The minimum absolute atomic E-state index is 0.0347. The number of halogens is 2. The molecule has 0 unspecified atom stereocenters. The van der Waals surface area contributed by atoms with Crippen molar-refractivity contribution < 1.29 is 4.79 Å². The summed E-state index contributed by atoms with van der Waals surface area (Å²) >= 11 is 8.93. The van der Waals surface area contributed by atoms with Gasteiger partial charge in [0.15, 0.2) is 10.3 Å². The van der Waals surface area contributed by atoms with Gasteiger partial charge in [0.2, 0.25) is 0 Å². The van der Waals surface area contributed by atoms with E-state index < -0.39 is 0 Å². The lowest BCUT2D eigenvalue weighted by Crippen LogP contribution is -1.93. The summed E-state index contributed by atoms with van der Waals surface area (Å²) in [5.41, 5.74) is 0.482. The molecule has 0 aliphatic rings. The summed E-state index contributed by atoms with van der Waals surface area (Å²) in [5.74, 6) is -0.0347. The van der Waals surface area contributed by atoms with Gasteiger partial charge in [-0.1, -0.05) is 22.9 Å². The van der Waals surface area contributed by atoms with Crippen molar-refractivity contribution in [3.05, 3.63) is 13.0 Å². The van der Waals surface area contributed by atoms with E-state index in [0.717, 1.165) is 2.88 Å². The van der Waals surface area contributed by atoms with E-state index in [1.807, 2.05) is 22.6 Å². The molecule has 54 valence electrons. The maximum atomic E-state index is 10.8. The number of ketones is 1. The molecule has 1 aromatic rings. The summed E-state index contributed by atoms with van der Waals surface area (Å²) in [6, 6.07) is 0. The Morgan fingerprint density at radius 3 is 2.60 bits per heavy atom. The Labute approximate surface area is 80.7 Å². The van der Waals surface area contributed by atoms with Crippen molar-refractivity contribution in [2.75, 3.05) is 0 Å². The summed E-state index contributed by atoms with van der Waals surface area (Å²) in [6.07, 6.45) is 0. The molecule has 0 fully saturated rings. The van der Waals surface area contributed by atoms with E-state index in [4.69, 9.17) is 11.6 Å². The van der Waals surface area contributed by atoms with Crippen molar-refractivity contribution in [2.24, 2.45) is 0 Å². The first kappa shape index (κ1) is 8.42. The van der Waals surface area contributed by atoms with E-state index in [2.05, 4.69) is 4.98 Å².